The molecule has 0 spiro atoms. The highest BCUT2D eigenvalue weighted by Crippen LogP contribution is 2.73. The summed E-state index contributed by atoms with van der Waals surface area (Å²) in [6.45, 7) is 3.25. The standard InChI is InChI=1S/C10H14Cl2F3NO2S/c1-8(2)6-3-4-9(8,5-19(15,17)18)7(16(13)14)10(6,11)12/h6-7H,3-5H2,1-2H3/t6-,7-,9+/m0/s1. The van der Waals surface area contributed by atoms with E-state index in [0.29, 0.717) is 6.42 Å². The second-order valence-electron chi connectivity index (χ2n) is 5.99. The van der Waals surface area contributed by atoms with Crippen molar-refractivity contribution in [2.45, 2.75) is 37.1 Å². The van der Waals surface area contributed by atoms with Crippen molar-refractivity contribution in [3.8, 4) is 0 Å². The van der Waals surface area contributed by atoms with E-state index in [-0.39, 0.29) is 6.42 Å². The minimum atomic E-state index is -4.92. The van der Waals surface area contributed by atoms with Crippen molar-refractivity contribution in [3.63, 3.8) is 0 Å². The van der Waals surface area contributed by atoms with E-state index >= 15 is 0 Å². The molecule has 2 rings (SSSR count). The van der Waals surface area contributed by atoms with E-state index in [0.717, 1.165) is 0 Å². The van der Waals surface area contributed by atoms with Crippen LogP contribution in [0.5, 0.6) is 0 Å². The molecule has 2 saturated carbocycles. The van der Waals surface area contributed by atoms with Gasteiger partial charge in [0.15, 0.2) is 0 Å². The van der Waals surface area contributed by atoms with Crippen LogP contribution in [-0.4, -0.2) is 29.9 Å². The molecular formula is C10H14Cl2F3NO2S. The highest BCUT2D eigenvalue weighted by Gasteiger charge is 2.77. The maximum Gasteiger partial charge on any atom is 0.303 e. The summed E-state index contributed by atoms with van der Waals surface area (Å²) in [5.74, 6) is -1.50. The number of fused-ring (bicyclic) bond motifs is 2. The van der Waals surface area contributed by atoms with Crippen molar-refractivity contribution < 1.29 is 21.3 Å². The molecule has 2 fully saturated rings. The third kappa shape index (κ3) is 2.00. The Morgan fingerprint density at radius 1 is 1.32 bits per heavy atom. The topological polar surface area (TPSA) is 37.4 Å². The first-order chi connectivity index (χ1) is 8.36. The van der Waals surface area contributed by atoms with Gasteiger partial charge in [-0.3, -0.25) is 0 Å². The molecule has 9 heteroatoms. The van der Waals surface area contributed by atoms with E-state index in [1.165, 1.54) is 0 Å². The Morgan fingerprint density at radius 2 is 1.84 bits per heavy atom. The molecule has 0 amide bonds. The van der Waals surface area contributed by atoms with E-state index in [4.69, 9.17) is 23.2 Å². The lowest BCUT2D eigenvalue weighted by molar-refractivity contribution is -0.218. The zero-order valence-corrected chi connectivity index (χ0v) is 12.7. The van der Waals surface area contributed by atoms with Crippen LogP contribution in [0.25, 0.3) is 0 Å². The Kier molecular flexibility index (Phi) is 3.42. The summed E-state index contributed by atoms with van der Waals surface area (Å²) in [7, 11) is -4.92. The average Bonchev–Trinajstić information content (AvgIpc) is 2.40. The Bertz CT molecular complexity index is 497. The van der Waals surface area contributed by atoms with Gasteiger partial charge in [-0.05, 0) is 24.2 Å². The molecule has 0 aliphatic heterocycles. The summed E-state index contributed by atoms with van der Waals surface area (Å²) in [5.41, 5.74) is -2.38. The van der Waals surface area contributed by atoms with Gasteiger partial charge < -0.3 is 0 Å². The van der Waals surface area contributed by atoms with Crippen molar-refractivity contribution in [1.29, 1.82) is 0 Å². The largest absolute Gasteiger partial charge is 0.303 e. The van der Waals surface area contributed by atoms with Crippen LogP contribution >= 0.6 is 23.2 Å². The van der Waals surface area contributed by atoms with Crippen LogP contribution in [0.1, 0.15) is 26.7 Å². The predicted molar refractivity (Wildman–Crippen MR) is 66.1 cm³/mol. The molecule has 0 unspecified atom stereocenters. The summed E-state index contributed by atoms with van der Waals surface area (Å²) in [6, 6.07) is -1.71. The van der Waals surface area contributed by atoms with Gasteiger partial charge in [-0.15, -0.1) is 12.8 Å². The lowest BCUT2D eigenvalue weighted by atomic mass is 9.69. The Balaban J connectivity index is 2.60. The van der Waals surface area contributed by atoms with Crippen LogP contribution in [-0.2, 0) is 10.2 Å². The van der Waals surface area contributed by atoms with Gasteiger partial charge in [-0.25, -0.2) is 0 Å². The summed E-state index contributed by atoms with van der Waals surface area (Å²) in [6.07, 6.45) is 0.559. The highest BCUT2D eigenvalue weighted by molar-refractivity contribution is 7.86. The van der Waals surface area contributed by atoms with Crippen LogP contribution < -0.4 is 0 Å². The van der Waals surface area contributed by atoms with Gasteiger partial charge >= 0.3 is 10.2 Å². The molecular weight excluding hydrogens is 326 g/mol. The van der Waals surface area contributed by atoms with Crippen molar-refractivity contribution in [2.75, 3.05) is 5.75 Å². The molecule has 112 valence electrons. The first kappa shape index (κ1) is 15.7. The average molecular weight is 340 g/mol. The first-order valence-corrected chi connectivity index (χ1v) is 8.08. The molecule has 0 radical (unpaired) electrons. The highest BCUT2D eigenvalue weighted by atomic mass is 35.5. The summed E-state index contributed by atoms with van der Waals surface area (Å²) >= 11 is 12.1. The summed E-state index contributed by atoms with van der Waals surface area (Å²) in [5, 5.41) is -1.16. The van der Waals surface area contributed by atoms with E-state index in [2.05, 4.69) is 0 Å². The molecule has 19 heavy (non-hydrogen) atoms. The van der Waals surface area contributed by atoms with E-state index < -0.39 is 48.4 Å². The van der Waals surface area contributed by atoms with Crippen LogP contribution in [0.4, 0.5) is 12.8 Å². The van der Waals surface area contributed by atoms with Crippen LogP contribution in [0.15, 0.2) is 0 Å². The van der Waals surface area contributed by atoms with Gasteiger partial charge in [0, 0.05) is 10.8 Å². The molecule has 0 aromatic rings. The van der Waals surface area contributed by atoms with Gasteiger partial charge in [0.1, 0.15) is 10.4 Å². The van der Waals surface area contributed by atoms with E-state index in [9.17, 15) is 21.3 Å². The van der Waals surface area contributed by atoms with E-state index in [1.54, 1.807) is 13.8 Å². The number of hydrogen-bond acceptors (Lipinski definition) is 3. The minimum absolute atomic E-state index is 0.157. The molecule has 0 aromatic carbocycles. The second-order valence-corrected chi connectivity index (χ2v) is 8.80. The number of halogens is 5. The van der Waals surface area contributed by atoms with Gasteiger partial charge in [-0.1, -0.05) is 37.0 Å². The van der Waals surface area contributed by atoms with Crippen LogP contribution in [0.2, 0.25) is 0 Å². The first-order valence-electron chi connectivity index (χ1n) is 5.77. The quantitative estimate of drug-likeness (QED) is 0.449. The molecule has 3 nitrogen and oxygen atoms in total. The van der Waals surface area contributed by atoms with Crippen LogP contribution in [0.3, 0.4) is 0 Å². The Labute approximate surface area is 120 Å². The third-order valence-electron chi connectivity index (χ3n) is 5.01. The molecule has 2 bridgehead atoms. The summed E-state index contributed by atoms with van der Waals surface area (Å²) < 4.78 is 59.8. The molecule has 3 atom stereocenters. The second kappa shape index (κ2) is 4.15. The Morgan fingerprint density at radius 3 is 2.26 bits per heavy atom. The van der Waals surface area contributed by atoms with Gasteiger partial charge in [0.05, 0.1) is 5.75 Å². The van der Waals surface area contributed by atoms with Crippen molar-refractivity contribution in [2.24, 2.45) is 16.7 Å². The van der Waals surface area contributed by atoms with Crippen molar-refractivity contribution >= 4 is 33.4 Å². The van der Waals surface area contributed by atoms with Crippen LogP contribution in [0, 0.1) is 16.7 Å². The molecule has 0 N–H and O–H groups in total. The molecule has 2 aliphatic rings. The third-order valence-corrected chi connectivity index (χ3v) is 6.81. The number of alkyl halides is 2. The zero-order valence-electron chi connectivity index (χ0n) is 10.3. The number of hydrogen-bond donors (Lipinski definition) is 0. The zero-order chi connectivity index (χ0) is 14.9. The maximum atomic E-state index is 13.2. The van der Waals surface area contributed by atoms with Gasteiger partial charge in [0.2, 0.25) is 0 Å². The lowest BCUT2D eigenvalue weighted by Crippen LogP contribution is -2.53. The number of nitrogens with zero attached hydrogens (tertiary/aromatic N) is 1. The predicted octanol–water partition coefficient (Wildman–Crippen LogP) is 3.34. The van der Waals surface area contributed by atoms with Crippen molar-refractivity contribution in [3.05, 3.63) is 0 Å². The lowest BCUT2D eigenvalue weighted by Gasteiger charge is -2.42. The molecule has 2 aliphatic carbocycles. The normalized spacial score (nSPS) is 40.0. The van der Waals surface area contributed by atoms with Gasteiger partial charge in [-0.2, -0.15) is 8.42 Å². The SMILES string of the molecule is CC1(C)[C@@H]2CC[C@@]1(CS(=O)(=O)F)[C@H](N(F)F)C2(Cl)Cl. The monoisotopic (exact) mass is 339 g/mol. The van der Waals surface area contributed by atoms with E-state index in [1.807, 2.05) is 0 Å². The molecule has 0 heterocycles. The maximum absolute atomic E-state index is 13.2. The fourth-order valence-corrected chi connectivity index (χ4v) is 6.73. The Hall–Kier alpha value is 0.280. The fraction of sp³-hybridized carbons (Fsp3) is 1.00. The number of rotatable bonds is 3. The van der Waals surface area contributed by atoms with Crippen molar-refractivity contribution in [1.82, 2.24) is 5.34 Å². The van der Waals surface area contributed by atoms with Gasteiger partial charge in [0.25, 0.3) is 0 Å². The molecule has 0 saturated heterocycles. The smallest absolute Gasteiger partial charge is 0.195 e. The molecule has 0 aromatic heterocycles. The summed E-state index contributed by atoms with van der Waals surface area (Å²) in [4.78, 5) is 0. The fourth-order valence-electron chi connectivity index (χ4n) is 4.12. The minimum Gasteiger partial charge on any atom is -0.195 e.